The van der Waals surface area contributed by atoms with Gasteiger partial charge in [0.05, 0.1) is 29.1 Å². The minimum absolute atomic E-state index is 0.550. The normalized spacial score (nSPS) is 10.8. The van der Waals surface area contributed by atoms with Gasteiger partial charge in [0.2, 0.25) is 5.88 Å². The van der Waals surface area contributed by atoms with Crippen LogP contribution < -0.4 is 9.47 Å². The van der Waals surface area contributed by atoms with Crippen LogP contribution in [-0.4, -0.2) is 23.2 Å². The SMILES string of the molecule is Clc1ccc(Cl)c(OCCCCOc2ncnc3ccccc23)c1. The molecule has 0 fully saturated rings. The van der Waals surface area contributed by atoms with Crippen LogP contribution in [0.2, 0.25) is 10.0 Å². The Morgan fingerprint density at radius 1 is 0.875 bits per heavy atom. The van der Waals surface area contributed by atoms with Crippen molar-refractivity contribution in [2.24, 2.45) is 0 Å². The van der Waals surface area contributed by atoms with Gasteiger partial charge in [0.1, 0.15) is 12.1 Å². The molecule has 2 aromatic carbocycles. The van der Waals surface area contributed by atoms with E-state index in [0.717, 1.165) is 23.7 Å². The molecule has 24 heavy (non-hydrogen) atoms. The highest BCUT2D eigenvalue weighted by Crippen LogP contribution is 2.27. The molecule has 4 nitrogen and oxygen atoms in total. The number of benzene rings is 2. The molecule has 0 amide bonds. The molecule has 3 rings (SSSR count). The van der Waals surface area contributed by atoms with Gasteiger partial charge in [-0.1, -0.05) is 35.3 Å². The number of rotatable bonds is 7. The number of aromatic nitrogens is 2. The lowest BCUT2D eigenvalue weighted by atomic mass is 10.2. The molecule has 0 aliphatic carbocycles. The highest BCUT2D eigenvalue weighted by atomic mass is 35.5. The Morgan fingerprint density at radius 3 is 2.54 bits per heavy atom. The zero-order valence-electron chi connectivity index (χ0n) is 12.9. The zero-order chi connectivity index (χ0) is 16.8. The van der Waals surface area contributed by atoms with Gasteiger partial charge >= 0.3 is 0 Å². The summed E-state index contributed by atoms with van der Waals surface area (Å²) in [5.74, 6) is 1.21. The number of fused-ring (bicyclic) bond motifs is 1. The van der Waals surface area contributed by atoms with Crippen LogP contribution in [0.1, 0.15) is 12.8 Å². The molecule has 0 saturated heterocycles. The lowest BCUT2D eigenvalue weighted by molar-refractivity contribution is 0.263. The van der Waals surface area contributed by atoms with Crippen LogP contribution in [0, 0.1) is 0 Å². The van der Waals surface area contributed by atoms with Crippen LogP contribution in [0.15, 0.2) is 48.8 Å². The van der Waals surface area contributed by atoms with Crippen LogP contribution in [0.3, 0.4) is 0 Å². The molecule has 6 heteroatoms. The number of para-hydroxylation sites is 1. The van der Waals surface area contributed by atoms with Gasteiger partial charge in [0, 0.05) is 11.1 Å². The van der Waals surface area contributed by atoms with Crippen LogP contribution in [0.25, 0.3) is 10.9 Å². The summed E-state index contributed by atoms with van der Waals surface area (Å²) in [7, 11) is 0. The van der Waals surface area contributed by atoms with Crippen LogP contribution in [-0.2, 0) is 0 Å². The molecule has 1 heterocycles. The third-order valence-electron chi connectivity index (χ3n) is 3.43. The van der Waals surface area contributed by atoms with E-state index in [-0.39, 0.29) is 0 Å². The molecule has 0 unspecified atom stereocenters. The molecule has 0 saturated carbocycles. The van der Waals surface area contributed by atoms with Crippen molar-refractivity contribution in [1.82, 2.24) is 9.97 Å². The Hall–Kier alpha value is -2.04. The van der Waals surface area contributed by atoms with Gasteiger partial charge in [0.15, 0.2) is 0 Å². The van der Waals surface area contributed by atoms with Crippen molar-refractivity contribution in [2.45, 2.75) is 12.8 Å². The molecule has 0 spiro atoms. The number of unbranched alkanes of at least 4 members (excludes halogenated alkanes) is 1. The van der Waals surface area contributed by atoms with Crippen molar-refractivity contribution in [3.8, 4) is 11.6 Å². The Balaban J connectivity index is 1.45. The van der Waals surface area contributed by atoms with E-state index in [1.807, 2.05) is 24.3 Å². The summed E-state index contributed by atoms with van der Waals surface area (Å²) in [4.78, 5) is 8.41. The summed E-state index contributed by atoms with van der Waals surface area (Å²) in [6, 6.07) is 13.0. The molecular formula is C18H16Cl2N2O2. The zero-order valence-corrected chi connectivity index (χ0v) is 14.4. The van der Waals surface area contributed by atoms with E-state index in [9.17, 15) is 0 Å². The topological polar surface area (TPSA) is 44.2 Å². The minimum Gasteiger partial charge on any atom is -0.492 e. The van der Waals surface area contributed by atoms with E-state index >= 15 is 0 Å². The molecule has 0 N–H and O–H groups in total. The first kappa shape index (κ1) is 16.8. The number of nitrogens with zero attached hydrogens (tertiary/aromatic N) is 2. The molecule has 0 aliphatic heterocycles. The fraction of sp³-hybridized carbons (Fsp3) is 0.222. The van der Waals surface area contributed by atoms with Gasteiger partial charge in [-0.3, -0.25) is 0 Å². The van der Waals surface area contributed by atoms with Crippen LogP contribution in [0.4, 0.5) is 0 Å². The highest BCUT2D eigenvalue weighted by Gasteiger charge is 2.04. The summed E-state index contributed by atoms with van der Waals surface area (Å²) in [6.45, 7) is 1.11. The maximum Gasteiger partial charge on any atom is 0.224 e. The number of hydrogen-bond acceptors (Lipinski definition) is 4. The van der Waals surface area contributed by atoms with E-state index in [0.29, 0.717) is 34.9 Å². The maximum atomic E-state index is 6.05. The Morgan fingerprint density at radius 2 is 1.67 bits per heavy atom. The molecule has 3 aromatic rings. The molecule has 124 valence electrons. The number of hydrogen-bond donors (Lipinski definition) is 0. The van der Waals surface area contributed by atoms with Crippen molar-refractivity contribution >= 4 is 34.1 Å². The molecular weight excluding hydrogens is 347 g/mol. The van der Waals surface area contributed by atoms with E-state index in [1.165, 1.54) is 6.33 Å². The van der Waals surface area contributed by atoms with E-state index < -0.39 is 0 Å². The van der Waals surface area contributed by atoms with Crippen molar-refractivity contribution in [3.05, 3.63) is 58.8 Å². The fourth-order valence-corrected chi connectivity index (χ4v) is 2.57. The average Bonchev–Trinajstić information content (AvgIpc) is 2.61. The van der Waals surface area contributed by atoms with Crippen molar-refractivity contribution < 1.29 is 9.47 Å². The standard InChI is InChI=1S/C18H16Cl2N2O2/c19-13-7-8-15(20)17(11-13)23-9-3-4-10-24-18-14-5-1-2-6-16(14)21-12-22-18/h1-2,5-8,11-12H,3-4,9-10H2. The minimum atomic E-state index is 0.550. The molecule has 0 bridgehead atoms. The summed E-state index contributed by atoms with van der Waals surface area (Å²) < 4.78 is 11.4. The summed E-state index contributed by atoms with van der Waals surface area (Å²) in [5.41, 5.74) is 0.876. The van der Waals surface area contributed by atoms with Crippen molar-refractivity contribution in [2.75, 3.05) is 13.2 Å². The smallest absolute Gasteiger partial charge is 0.224 e. The fourth-order valence-electron chi connectivity index (χ4n) is 2.24. The predicted octanol–water partition coefficient (Wildman–Crippen LogP) is 5.17. The van der Waals surface area contributed by atoms with Crippen molar-refractivity contribution in [3.63, 3.8) is 0 Å². The van der Waals surface area contributed by atoms with Gasteiger partial charge in [-0.2, -0.15) is 0 Å². The van der Waals surface area contributed by atoms with Crippen LogP contribution >= 0.6 is 23.2 Å². The molecule has 0 aliphatic rings. The molecule has 0 atom stereocenters. The average molecular weight is 363 g/mol. The largest absolute Gasteiger partial charge is 0.492 e. The lowest BCUT2D eigenvalue weighted by Crippen LogP contribution is -2.04. The van der Waals surface area contributed by atoms with Gasteiger partial charge in [-0.15, -0.1) is 0 Å². The molecule has 1 aromatic heterocycles. The number of halogens is 2. The maximum absolute atomic E-state index is 6.05. The first-order chi connectivity index (χ1) is 11.7. The second-order valence-electron chi connectivity index (χ2n) is 5.17. The quantitative estimate of drug-likeness (QED) is 0.543. The van der Waals surface area contributed by atoms with E-state index in [1.54, 1.807) is 18.2 Å². The van der Waals surface area contributed by atoms with E-state index in [4.69, 9.17) is 32.7 Å². The van der Waals surface area contributed by atoms with Gasteiger partial charge in [0.25, 0.3) is 0 Å². The predicted molar refractivity (Wildman–Crippen MR) is 96.2 cm³/mol. The number of ether oxygens (including phenoxy) is 2. The summed E-state index contributed by atoms with van der Waals surface area (Å²) in [6.07, 6.45) is 3.20. The Bertz CT molecular complexity index is 822. The lowest BCUT2D eigenvalue weighted by Gasteiger charge is -2.09. The summed E-state index contributed by atoms with van der Waals surface area (Å²) >= 11 is 12.0. The van der Waals surface area contributed by atoms with E-state index in [2.05, 4.69) is 9.97 Å². The van der Waals surface area contributed by atoms with Gasteiger partial charge in [-0.05, 0) is 37.1 Å². The second-order valence-corrected chi connectivity index (χ2v) is 6.02. The monoisotopic (exact) mass is 362 g/mol. The third kappa shape index (κ3) is 4.28. The van der Waals surface area contributed by atoms with Crippen molar-refractivity contribution in [1.29, 1.82) is 0 Å². The van der Waals surface area contributed by atoms with Gasteiger partial charge < -0.3 is 9.47 Å². The second kappa shape index (κ2) is 8.18. The Labute approximate surface area is 150 Å². The third-order valence-corrected chi connectivity index (χ3v) is 3.98. The highest BCUT2D eigenvalue weighted by molar-refractivity contribution is 6.34. The molecule has 0 radical (unpaired) electrons. The van der Waals surface area contributed by atoms with Gasteiger partial charge in [-0.25, -0.2) is 9.97 Å². The first-order valence-electron chi connectivity index (χ1n) is 7.64. The Kier molecular flexibility index (Phi) is 5.72. The first-order valence-corrected chi connectivity index (χ1v) is 8.40. The van der Waals surface area contributed by atoms with Crippen LogP contribution in [0.5, 0.6) is 11.6 Å². The summed E-state index contributed by atoms with van der Waals surface area (Å²) in [5, 5.41) is 2.08.